The molecule has 40 heavy (non-hydrogen) atoms. The highest BCUT2D eigenvalue weighted by atomic mass is 35.5. The molecule has 2 aliphatic rings. The van der Waals surface area contributed by atoms with Gasteiger partial charge in [-0.25, -0.2) is 4.79 Å². The number of amidine groups is 1. The molecule has 3 aromatic rings. The van der Waals surface area contributed by atoms with Crippen molar-refractivity contribution in [3.8, 4) is 11.8 Å². The number of carbonyl (C=O) groups is 2. The predicted octanol–water partition coefficient (Wildman–Crippen LogP) is 6.01. The maximum atomic E-state index is 14.3. The van der Waals surface area contributed by atoms with Crippen LogP contribution < -0.4 is 10.1 Å². The molecule has 2 heterocycles. The molecule has 0 unspecified atom stereocenters. The molecule has 0 bridgehead atoms. The van der Waals surface area contributed by atoms with Gasteiger partial charge in [-0.1, -0.05) is 59.1 Å². The number of urea groups is 1. The molecular weight excluding hydrogens is 573 g/mol. The van der Waals surface area contributed by atoms with Crippen molar-refractivity contribution in [3.05, 3.63) is 98.0 Å². The van der Waals surface area contributed by atoms with Crippen LogP contribution in [0.3, 0.4) is 0 Å². The van der Waals surface area contributed by atoms with Gasteiger partial charge in [0.25, 0.3) is 0 Å². The van der Waals surface area contributed by atoms with E-state index in [9.17, 15) is 14.9 Å². The number of hydrogen-bond donors (Lipinski definition) is 1. The maximum absolute atomic E-state index is 14.3. The second kappa shape index (κ2) is 11.8. The number of piperazine rings is 1. The van der Waals surface area contributed by atoms with Gasteiger partial charge < -0.3 is 15.0 Å². The highest BCUT2D eigenvalue weighted by Crippen LogP contribution is 2.46. The Morgan fingerprint density at radius 1 is 1.07 bits per heavy atom. The van der Waals surface area contributed by atoms with E-state index in [1.165, 1.54) is 4.90 Å². The Bertz CT molecular complexity index is 1520. The summed E-state index contributed by atoms with van der Waals surface area (Å²) in [7, 11) is 0. The van der Waals surface area contributed by atoms with Gasteiger partial charge in [0.1, 0.15) is 30.2 Å². The van der Waals surface area contributed by atoms with Crippen LogP contribution in [0, 0.1) is 11.3 Å². The standard InChI is InChI=1S/C29H24Cl3N5O3/c1-2-40-24-14-23(32)19(15-33)13-22(24)28-35-26(17-3-7-20(30)8-4-17)27(18-5-9-21(31)10-6-18)37(28)29(39)36-12-11-34-25(38)16-36/h3-10,13-14,26-27H,2,11-12,16H2,1H3,(H,34,38)/t26-,27+/m0/s1. The number of hydrogen-bond acceptors (Lipinski definition) is 5. The number of nitriles is 1. The molecular formula is C29H24Cl3N5O3. The van der Waals surface area contributed by atoms with Crippen LogP contribution >= 0.6 is 34.8 Å². The number of nitrogens with zero attached hydrogens (tertiary/aromatic N) is 4. The van der Waals surface area contributed by atoms with E-state index in [-0.39, 0.29) is 23.0 Å². The molecule has 1 N–H and O–H groups in total. The third-order valence-corrected chi connectivity index (χ3v) is 7.55. The maximum Gasteiger partial charge on any atom is 0.326 e. The molecule has 1 saturated heterocycles. The number of nitrogens with one attached hydrogen (secondary N) is 1. The van der Waals surface area contributed by atoms with E-state index in [1.807, 2.05) is 31.2 Å². The van der Waals surface area contributed by atoms with Crippen molar-refractivity contribution in [2.75, 3.05) is 26.2 Å². The summed E-state index contributed by atoms with van der Waals surface area (Å²) in [5.74, 6) is 0.432. The third-order valence-electron chi connectivity index (χ3n) is 6.74. The van der Waals surface area contributed by atoms with Crippen molar-refractivity contribution < 1.29 is 14.3 Å². The van der Waals surface area contributed by atoms with Gasteiger partial charge in [-0.05, 0) is 48.4 Å². The van der Waals surface area contributed by atoms with Crippen LogP contribution in [0.4, 0.5) is 4.79 Å². The van der Waals surface area contributed by atoms with Crippen LogP contribution in [0.2, 0.25) is 15.1 Å². The van der Waals surface area contributed by atoms with Crippen molar-refractivity contribution in [3.63, 3.8) is 0 Å². The van der Waals surface area contributed by atoms with Gasteiger partial charge in [-0.15, -0.1) is 0 Å². The normalized spacial score (nSPS) is 18.7. The van der Waals surface area contributed by atoms with E-state index in [4.69, 9.17) is 44.5 Å². The van der Waals surface area contributed by atoms with Crippen LogP contribution in [0.15, 0.2) is 65.7 Å². The summed E-state index contributed by atoms with van der Waals surface area (Å²) in [4.78, 5) is 34.7. The van der Waals surface area contributed by atoms with Gasteiger partial charge >= 0.3 is 6.03 Å². The van der Waals surface area contributed by atoms with Crippen molar-refractivity contribution in [2.45, 2.75) is 19.0 Å². The lowest BCUT2D eigenvalue weighted by Gasteiger charge is -2.35. The molecule has 0 spiro atoms. The number of rotatable bonds is 5. The highest BCUT2D eigenvalue weighted by molar-refractivity contribution is 6.32. The first-order valence-electron chi connectivity index (χ1n) is 12.6. The molecule has 0 saturated carbocycles. The third kappa shape index (κ3) is 5.46. The molecule has 3 amide bonds. The summed E-state index contributed by atoms with van der Waals surface area (Å²) in [5.41, 5.74) is 2.25. The van der Waals surface area contributed by atoms with Crippen LogP contribution in [0.25, 0.3) is 0 Å². The second-order valence-corrected chi connectivity index (χ2v) is 10.5. The number of amides is 3. The summed E-state index contributed by atoms with van der Waals surface area (Å²) in [6, 6.07) is 18.2. The minimum absolute atomic E-state index is 0.0933. The van der Waals surface area contributed by atoms with Gasteiger partial charge in [0.05, 0.1) is 28.8 Å². The van der Waals surface area contributed by atoms with Gasteiger partial charge in [0.2, 0.25) is 5.91 Å². The zero-order valence-electron chi connectivity index (χ0n) is 21.4. The Balaban J connectivity index is 1.74. The topological polar surface area (TPSA) is 98.0 Å². The Morgan fingerprint density at radius 3 is 2.33 bits per heavy atom. The van der Waals surface area contributed by atoms with E-state index in [2.05, 4.69) is 11.4 Å². The molecule has 1 fully saturated rings. The summed E-state index contributed by atoms with van der Waals surface area (Å²) >= 11 is 18.8. The zero-order valence-corrected chi connectivity index (χ0v) is 23.7. The molecule has 2 aliphatic heterocycles. The number of carbonyl (C=O) groups excluding carboxylic acids is 2. The molecule has 0 aliphatic carbocycles. The molecule has 0 aromatic heterocycles. The lowest BCUT2D eigenvalue weighted by Crippen LogP contribution is -2.55. The Labute approximate surface area is 246 Å². The first-order chi connectivity index (χ1) is 19.3. The van der Waals surface area contributed by atoms with Crippen LogP contribution in [0.1, 0.15) is 41.3 Å². The SMILES string of the molecule is CCOc1cc(Cl)c(C#N)cc1C1=N[C@@H](c2ccc(Cl)cc2)[C@@H](c2ccc(Cl)cc2)N1C(=O)N1CCNC(=O)C1. The predicted molar refractivity (Wildman–Crippen MR) is 154 cm³/mol. The van der Waals surface area contributed by atoms with E-state index in [0.29, 0.717) is 46.9 Å². The Kier molecular flexibility index (Phi) is 8.17. The van der Waals surface area contributed by atoms with Crippen LogP contribution in [-0.4, -0.2) is 53.8 Å². The van der Waals surface area contributed by atoms with Crippen LogP contribution in [0.5, 0.6) is 5.75 Å². The molecule has 3 aromatic carbocycles. The summed E-state index contributed by atoms with van der Waals surface area (Å²) < 4.78 is 5.91. The smallest absolute Gasteiger partial charge is 0.326 e. The van der Waals surface area contributed by atoms with Crippen molar-refractivity contribution >= 4 is 52.6 Å². The molecule has 204 valence electrons. The van der Waals surface area contributed by atoms with Crippen molar-refractivity contribution in [2.24, 2.45) is 4.99 Å². The average molecular weight is 597 g/mol. The summed E-state index contributed by atoms with van der Waals surface area (Å²) in [5, 5.41) is 13.8. The number of benzene rings is 3. The van der Waals surface area contributed by atoms with Crippen molar-refractivity contribution in [1.29, 1.82) is 5.26 Å². The second-order valence-electron chi connectivity index (χ2n) is 9.24. The van der Waals surface area contributed by atoms with Gasteiger partial charge in [0, 0.05) is 29.2 Å². The van der Waals surface area contributed by atoms with Gasteiger partial charge in [-0.2, -0.15) is 5.26 Å². The minimum Gasteiger partial charge on any atom is -0.493 e. The fourth-order valence-corrected chi connectivity index (χ4v) is 5.35. The largest absolute Gasteiger partial charge is 0.493 e. The quantitative estimate of drug-likeness (QED) is 0.390. The minimum atomic E-state index is -0.610. The molecule has 5 rings (SSSR count). The Hall–Kier alpha value is -3.77. The lowest BCUT2D eigenvalue weighted by molar-refractivity contribution is -0.123. The molecule has 2 atom stereocenters. The van der Waals surface area contributed by atoms with E-state index in [1.54, 1.807) is 41.3 Å². The monoisotopic (exact) mass is 595 g/mol. The van der Waals surface area contributed by atoms with Gasteiger partial charge in [0.15, 0.2) is 0 Å². The molecule has 8 nitrogen and oxygen atoms in total. The van der Waals surface area contributed by atoms with E-state index < -0.39 is 18.1 Å². The number of aliphatic imine (C=N–C) groups is 1. The highest BCUT2D eigenvalue weighted by Gasteiger charge is 2.45. The van der Waals surface area contributed by atoms with Crippen LogP contribution in [-0.2, 0) is 4.79 Å². The van der Waals surface area contributed by atoms with E-state index >= 15 is 0 Å². The fourth-order valence-electron chi connectivity index (χ4n) is 4.90. The number of ether oxygens (including phenoxy) is 1. The molecule has 0 radical (unpaired) electrons. The van der Waals surface area contributed by atoms with Gasteiger partial charge in [-0.3, -0.25) is 14.7 Å². The Morgan fingerprint density at radius 2 is 1.73 bits per heavy atom. The molecule has 11 heteroatoms. The summed E-state index contributed by atoms with van der Waals surface area (Å²) in [6.45, 7) is 2.72. The summed E-state index contributed by atoms with van der Waals surface area (Å²) in [6.07, 6.45) is 0. The average Bonchev–Trinajstić information content (AvgIpc) is 3.34. The zero-order chi connectivity index (χ0) is 28.4. The first-order valence-corrected chi connectivity index (χ1v) is 13.7. The lowest BCUT2D eigenvalue weighted by atomic mass is 9.93. The van der Waals surface area contributed by atoms with Crippen molar-refractivity contribution in [1.82, 2.24) is 15.1 Å². The number of halogens is 3. The van der Waals surface area contributed by atoms with E-state index in [0.717, 1.165) is 11.1 Å². The fraction of sp³-hybridized carbons (Fsp3) is 0.241. The first kappa shape index (κ1) is 27.8.